The smallest absolute Gasteiger partial charge is 0.435 e. The maximum atomic E-state index is 13.1. The number of carbonyl (C=O) groups is 2. The van der Waals surface area contributed by atoms with Crippen LogP contribution in [0.3, 0.4) is 0 Å². The van der Waals surface area contributed by atoms with Crippen molar-refractivity contribution in [1.29, 1.82) is 0 Å². The summed E-state index contributed by atoms with van der Waals surface area (Å²) in [6.45, 7) is 3.75. The van der Waals surface area contributed by atoms with Crippen LogP contribution in [0.1, 0.15) is 34.8 Å². The van der Waals surface area contributed by atoms with Crippen LogP contribution in [0.25, 0.3) is 0 Å². The number of nitrogens with one attached hydrogen (secondary N) is 1. The van der Waals surface area contributed by atoms with Gasteiger partial charge in [0.05, 0.1) is 19.6 Å². The highest BCUT2D eigenvalue weighted by Gasteiger charge is 2.40. The summed E-state index contributed by atoms with van der Waals surface area (Å²) in [4.78, 5) is 26.4. The first-order valence-electron chi connectivity index (χ1n) is 8.01. The van der Waals surface area contributed by atoms with Crippen LogP contribution < -0.4 is 10.1 Å². The number of thiazole rings is 1. The molecule has 1 amide bonds. The highest BCUT2D eigenvalue weighted by atomic mass is 32.1. The monoisotopic (exact) mass is 402 g/mol. The number of rotatable bonds is 7. The zero-order valence-electron chi connectivity index (χ0n) is 14.6. The molecule has 0 aliphatic heterocycles. The minimum atomic E-state index is -4.84. The molecule has 2 aromatic rings. The fraction of sp³-hybridized carbons (Fsp3) is 0.353. The van der Waals surface area contributed by atoms with Crippen molar-refractivity contribution in [2.45, 2.75) is 26.4 Å². The molecular formula is C17H17F3N2O4S. The molecule has 27 heavy (non-hydrogen) atoms. The van der Waals surface area contributed by atoms with Gasteiger partial charge < -0.3 is 14.8 Å². The van der Waals surface area contributed by atoms with Crippen LogP contribution in [0.5, 0.6) is 5.75 Å². The number of carbonyl (C=O) groups excluding carboxylic acids is 2. The molecule has 1 N–H and O–H groups in total. The second kappa shape index (κ2) is 8.85. The molecule has 0 aliphatic rings. The first kappa shape index (κ1) is 20.7. The van der Waals surface area contributed by atoms with E-state index in [2.05, 4.69) is 15.0 Å². The van der Waals surface area contributed by atoms with Crippen LogP contribution in [-0.4, -0.2) is 30.1 Å². The maximum Gasteiger partial charge on any atom is 0.435 e. The van der Waals surface area contributed by atoms with E-state index in [1.165, 1.54) is 6.92 Å². The van der Waals surface area contributed by atoms with E-state index in [4.69, 9.17) is 4.74 Å². The number of halogens is 3. The predicted molar refractivity (Wildman–Crippen MR) is 93.0 cm³/mol. The Hall–Kier alpha value is -2.62. The molecule has 146 valence electrons. The molecule has 0 bridgehead atoms. The van der Waals surface area contributed by atoms with Crippen LogP contribution in [0.4, 0.5) is 18.3 Å². The molecule has 0 spiro atoms. The quantitative estimate of drug-likeness (QED) is 0.711. The lowest BCUT2D eigenvalue weighted by atomic mass is 10.1. The number of hydrogen-bond donors (Lipinski definition) is 1. The molecular weight excluding hydrogens is 385 g/mol. The van der Waals surface area contributed by atoms with Gasteiger partial charge >= 0.3 is 12.1 Å². The number of hydrogen-bond acceptors (Lipinski definition) is 6. The minimum Gasteiger partial charge on any atom is -0.494 e. The van der Waals surface area contributed by atoms with Gasteiger partial charge in [-0.2, -0.15) is 13.2 Å². The normalized spacial score (nSPS) is 11.1. The van der Waals surface area contributed by atoms with Gasteiger partial charge in [-0.25, -0.2) is 9.78 Å². The first-order chi connectivity index (χ1) is 12.7. The Bertz CT molecular complexity index is 804. The lowest BCUT2D eigenvalue weighted by Crippen LogP contribution is -2.15. The summed E-state index contributed by atoms with van der Waals surface area (Å²) in [5.41, 5.74) is -0.725. The number of ether oxygens (including phenoxy) is 2. The lowest BCUT2D eigenvalue weighted by molar-refractivity contribution is -0.141. The van der Waals surface area contributed by atoms with Crippen molar-refractivity contribution in [3.8, 4) is 5.75 Å². The van der Waals surface area contributed by atoms with Crippen LogP contribution in [-0.2, 0) is 22.1 Å². The standard InChI is InChI=1S/C17H17F3N2O4S/c1-3-25-11-7-5-10(6-8-11)9-12(23)21-16-22-14(17(18,19)20)13(27-16)15(24)26-4-2/h5-8H,3-4,9H2,1-2H3,(H,21,22,23). The third-order valence-electron chi connectivity index (χ3n) is 3.20. The molecule has 0 fully saturated rings. The van der Waals surface area contributed by atoms with Crippen molar-refractivity contribution in [2.75, 3.05) is 18.5 Å². The van der Waals surface area contributed by atoms with Gasteiger partial charge in [-0.3, -0.25) is 4.79 Å². The first-order valence-corrected chi connectivity index (χ1v) is 8.83. The molecule has 1 heterocycles. The molecule has 0 aliphatic carbocycles. The third kappa shape index (κ3) is 5.68. The average molecular weight is 402 g/mol. The van der Waals surface area contributed by atoms with Crippen molar-refractivity contribution in [3.05, 3.63) is 40.4 Å². The van der Waals surface area contributed by atoms with Crippen molar-refractivity contribution in [3.63, 3.8) is 0 Å². The molecule has 2 rings (SSSR count). The molecule has 1 aromatic heterocycles. The second-order valence-electron chi connectivity index (χ2n) is 5.22. The summed E-state index contributed by atoms with van der Waals surface area (Å²) in [5, 5.41) is 1.97. The van der Waals surface area contributed by atoms with Crippen LogP contribution in [0.2, 0.25) is 0 Å². The van der Waals surface area contributed by atoms with Gasteiger partial charge in [0.15, 0.2) is 10.8 Å². The van der Waals surface area contributed by atoms with E-state index in [0.29, 0.717) is 29.3 Å². The highest BCUT2D eigenvalue weighted by Crippen LogP contribution is 2.36. The Balaban J connectivity index is 2.11. The predicted octanol–water partition coefficient (Wildman–Crippen LogP) is 3.92. The SMILES string of the molecule is CCOC(=O)c1sc(NC(=O)Cc2ccc(OCC)cc2)nc1C(F)(F)F. The van der Waals surface area contributed by atoms with E-state index in [0.717, 1.165) is 0 Å². The second-order valence-corrected chi connectivity index (χ2v) is 6.22. The van der Waals surface area contributed by atoms with E-state index in [-0.39, 0.29) is 18.2 Å². The molecule has 6 nitrogen and oxygen atoms in total. The molecule has 10 heteroatoms. The molecule has 0 saturated carbocycles. The van der Waals surface area contributed by atoms with Gasteiger partial charge in [-0.05, 0) is 31.5 Å². The average Bonchev–Trinajstić information content (AvgIpc) is 3.01. The van der Waals surface area contributed by atoms with Crippen molar-refractivity contribution < 1.29 is 32.2 Å². The Morgan fingerprint density at radius 2 is 1.81 bits per heavy atom. The summed E-state index contributed by atoms with van der Waals surface area (Å²) < 4.78 is 49.1. The van der Waals surface area contributed by atoms with Crippen LogP contribution in [0.15, 0.2) is 24.3 Å². The number of benzene rings is 1. The Labute approximate surface area is 157 Å². The molecule has 0 unspecified atom stereocenters. The van der Waals surface area contributed by atoms with Crippen LogP contribution >= 0.6 is 11.3 Å². The van der Waals surface area contributed by atoms with E-state index >= 15 is 0 Å². The summed E-state index contributed by atoms with van der Waals surface area (Å²) in [6.07, 6.45) is -4.90. The lowest BCUT2D eigenvalue weighted by Gasteiger charge is -2.05. The number of aromatic nitrogens is 1. The van der Waals surface area contributed by atoms with Gasteiger partial charge in [0.1, 0.15) is 10.6 Å². The van der Waals surface area contributed by atoms with Crippen LogP contribution in [0, 0.1) is 0 Å². The number of alkyl halides is 3. The summed E-state index contributed by atoms with van der Waals surface area (Å²) in [6, 6.07) is 6.74. The summed E-state index contributed by atoms with van der Waals surface area (Å²) >= 11 is 0.425. The third-order valence-corrected chi connectivity index (χ3v) is 4.15. The topological polar surface area (TPSA) is 77.5 Å². The van der Waals surface area contributed by atoms with E-state index in [1.54, 1.807) is 24.3 Å². The molecule has 1 aromatic carbocycles. The fourth-order valence-corrected chi connectivity index (χ4v) is 3.02. The molecule has 0 radical (unpaired) electrons. The van der Waals surface area contributed by atoms with Gasteiger partial charge in [0, 0.05) is 0 Å². The van der Waals surface area contributed by atoms with Crippen molar-refractivity contribution in [1.82, 2.24) is 4.98 Å². The Kier molecular flexibility index (Phi) is 6.78. The zero-order chi connectivity index (χ0) is 20.0. The maximum absolute atomic E-state index is 13.1. The summed E-state index contributed by atoms with van der Waals surface area (Å²) in [7, 11) is 0. The largest absolute Gasteiger partial charge is 0.494 e. The van der Waals surface area contributed by atoms with Gasteiger partial charge in [-0.1, -0.05) is 23.5 Å². The van der Waals surface area contributed by atoms with E-state index in [1.807, 2.05) is 6.92 Å². The molecule has 0 saturated heterocycles. The minimum absolute atomic E-state index is 0.0674. The number of nitrogens with zero attached hydrogens (tertiary/aromatic N) is 1. The van der Waals surface area contributed by atoms with E-state index < -0.39 is 28.6 Å². The van der Waals surface area contributed by atoms with Crippen molar-refractivity contribution >= 4 is 28.3 Å². The highest BCUT2D eigenvalue weighted by molar-refractivity contribution is 7.17. The van der Waals surface area contributed by atoms with Gasteiger partial charge in [0.2, 0.25) is 5.91 Å². The number of anilines is 1. The zero-order valence-corrected chi connectivity index (χ0v) is 15.4. The van der Waals surface area contributed by atoms with Gasteiger partial charge in [0.25, 0.3) is 0 Å². The molecule has 0 atom stereocenters. The summed E-state index contributed by atoms with van der Waals surface area (Å²) in [5.74, 6) is -1.04. The van der Waals surface area contributed by atoms with Gasteiger partial charge in [-0.15, -0.1) is 0 Å². The fourth-order valence-electron chi connectivity index (χ4n) is 2.12. The van der Waals surface area contributed by atoms with Crippen molar-refractivity contribution in [2.24, 2.45) is 0 Å². The number of esters is 1. The van der Waals surface area contributed by atoms with E-state index in [9.17, 15) is 22.8 Å². The Morgan fingerprint density at radius 1 is 1.15 bits per heavy atom. The Morgan fingerprint density at radius 3 is 2.37 bits per heavy atom. The number of amides is 1.